The summed E-state index contributed by atoms with van der Waals surface area (Å²) >= 11 is 0. The molecule has 0 heterocycles. The second kappa shape index (κ2) is 7.18. The van der Waals surface area contributed by atoms with E-state index in [4.69, 9.17) is 0 Å². The Hall–Kier alpha value is -1.33. The van der Waals surface area contributed by atoms with Gasteiger partial charge in [-0.3, -0.25) is 0 Å². The van der Waals surface area contributed by atoms with Crippen LogP contribution in [0, 0.1) is 17.2 Å². The average molecular weight is 242 g/mol. The Balaban J connectivity index is 1.75. The van der Waals surface area contributed by atoms with Crippen molar-refractivity contribution in [1.29, 1.82) is 5.26 Å². The molecule has 2 rings (SSSR count). The Morgan fingerprint density at radius 1 is 1.17 bits per heavy atom. The summed E-state index contributed by atoms with van der Waals surface area (Å²) in [6, 6.07) is 13.0. The van der Waals surface area contributed by atoms with Gasteiger partial charge in [0.1, 0.15) is 0 Å². The zero-order valence-corrected chi connectivity index (χ0v) is 10.9. The minimum atomic E-state index is 0.0500. The highest BCUT2D eigenvalue weighted by Crippen LogP contribution is 2.26. The van der Waals surface area contributed by atoms with Crippen LogP contribution in [-0.2, 0) is 6.42 Å². The summed E-state index contributed by atoms with van der Waals surface area (Å²) in [7, 11) is 0. The van der Waals surface area contributed by atoms with Crippen molar-refractivity contribution in [2.75, 3.05) is 6.54 Å². The number of hydrogen-bond acceptors (Lipinski definition) is 2. The molecule has 2 nitrogen and oxygen atoms in total. The predicted octanol–water partition coefficient (Wildman–Crippen LogP) is 3.29. The first kappa shape index (κ1) is 13.1. The van der Waals surface area contributed by atoms with Gasteiger partial charge in [-0.2, -0.15) is 5.26 Å². The van der Waals surface area contributed by atoms with Crippen LogP contribution in [0.2, 0.25) is 0 Å². The molecule has 1 aromatic carbocycles. The first-order chi connectivity index (χ1) is 8.90. The van der Waals surface area contributed by atoms with E-state index in [1.807, 2.05) is 6.07 Å². The lowest BCUT2D eigenvalue weighted by atomic mass is 9.84. The number of benzene rings is 1. The topological polar surface area (TPSA) is 35.8 Å². The Bertz CT molecular complexity index is 374. The fraction of sp³-hybridized carbons (Fsp3) is 0.562. The van der Waals surface area contributed by atoms with E-state index in [-0.39, 0.29) is 6.04 Å². The third-order valence-corrected chi connectivity index (χ3v) is 3.88. The van der Waals surface area contributed by atoms with Gasteiger partial charge in [0, 0.05) is 6.54 Å². The molecule has 18 heavy (non-hydrogen) atoms. The van der Waals surface area contributed by atoms with E-state index in [9.17, 15) is 5.26 Å². The molecule has 0 amide bonds. The Morgan fingerprint density at radius 3 is 2.56 bits per heavy atom. The first-order valence-electron chi connectivity index (χ1n) is 7.07. The van der Waals surface area contributed by atoms with Gasteiger partial charge < -0.3 is 5.32 Å². The molecule has 96 valence electrons. The first-order valence-corrected chi connectivity index (χ1v) is 7.07. The minimum absolute atomic E-state index is 0.0500. The quantitative estimate of drug-likeness (QED) is 0.860. The zero-order chi connectivity index (χ0) is 12.6. The summed E-state index contributed by atoms with van der Waals surface area (Å²) in [5, 5.41) is 12.7. The van der Waals surface area contributed by atoms with E-state index in [1.165, 1.54) is 37.7 Å². The summed E-state index contributed by atoms with van der Waals surface area (Å²) in [6.07, 6.45) is 7.38. The van der Waals surface area contributed by atoms with Crippen molar-refractivity contribution in [2.45, 2.75) is 44.6 Å². The van der Waals surface area contributed by atoms with E-state index in [1.54, 1.807) is 0 Å². The lowest BCUT2D eigenvalue weighted by Gasteiger charge is -2.26. The van der Waals surface area contributed by atoms with Gasteiger partial charge in [-0.25, -0.2) is 0 Å². The highest BCUT2D eigenvalue weighted by Gasteiger charge is 2.22. The molecule has 0 saturated heterocycles. The lowest BCUT2D eigenvalue weighted by molar-refractivity contribution is 0.306. The second-order valence-corrected chi connectivity index (χ2v) is 5.19. The minimum Gasteiger partial charge on any atom is -0.301 e. The van der Waals surface area contributed by atoms with Crippen molar-refractivity contribution < 1.29 is 0 Å². The monoisotopic (exact) mass is 242 g/mol. The van der Waals surface area contributed by atoms with Crippen LogP contribution in [0.15, 0.2) is 30.3 Å². The Kier molecular flexibility index (Phi) is 5.23. The third kappa shape index (κ3) is 3.85. The highest BCUT2D eigenvalue weighted by molar-refractivity contribution is 5.15. The maximum Gasteiger partial charge on any atom is 0.0981 e. The predicted molar refractivity (Wildman–Crippen MR) is 74.1 cm³/mol. The molecule has 1 aliphatic rings. The summed E-state index contributed by atoms with van der Waals surface area (Å²) in [4.78, 5) is 0. The standard InChI is InChI=1S/C16H22N2/c17-13-16(15-9-5-2-6-10-15)18-12-11-14-7-3-1-4-8-14/h1,3-4,7-8,15-16,18H,2,5-6,9-12H2. The van der Waals surface area contributed by atoms with Gasteiger partial charge in [0.15, 0.2) is 0 Å². The van der Waals surface area contributed by atoms with Crippen LogP contribution < -0.4 is 5.32 Å². The van der Waals surface area contributed by atoms with Crippen LogP contribution in [0.5, 0.6) is 0 Å². The van der Waals surface area contributed by atoms with Crippen molar-refractivity contribution in [3.05, 3.63) is 35.9 Å². The van der Waals surface area contributed by atoms with E-state index in [0.29, 0.717) is 5.92 Å². The molecule has 1 saturated carbocycles. The van der Waals surface area contributed by atoms with Crippen molar-refractivity contribution in [3.63, 3.8) is 0 Å². The normalized spacial score (nSPS) is 18.2. The summed E-state index contributed by atoms with van der Waals surface area (Å²) < 4.78 is 0. The smallest absolute Gasteiger partial charge is 0.0981 e. The summed E-state index contributed by atoms with van der Waals surface area (Å²) in [5.41, 5.74) is 1.34. The lowest BCUT2D eigenvalue weighted by Crippen LogP contribution is -2.37. The molecule has 0 aliphatic heterocycles. The molecule has 1 N–H and O–H groups in total. The van der Waals surface area contributed by atoms with Crippen LogP contribution in [0.1, 0.15) is 37.7 Å². The maximum absolute atomic E-state index is 9.26. The SMILES string of the molecule is N#CC(NCCc1ccccc1)C1CCCCC1. The molecule has 1 fully saturated rings. The van der Waals surface area contributed by atoms with E-state index in [2.05, 4.69) is 35.7 Å². The average Bonchev–Trinajstić information content (AvgIpc) is 2.46. The van der Waals surface area contributed by atoms with Crippen molar-refractivity contribution in [2.24, 2.45) is 5.92 Å². The van der Waals surface area contributed by atoms with Gasteiger partial charge in [-0.1, -0.05) is 49.6 Å². The van der Waals surface area contributed by atoms with Crippen molar-refractivity contribution in [1.82, 2.24) is 5.32 Å². The van der Waals surface area contributed by atoms with E-state index >= 15 is 0 Å². The molecular weight excluding hydrogens is 220 g/mol. The molecule has 1 atom stereocenters. The molecule has 0 bridgehead atoms. The molecule has 1 aliphatic carbocycles. The van der Waals surface area contributed by atoms with Crippen LogP contribution >= 0.6 is 0 Å². The van der Waals surface area contributed by atoms with Gasteiger partial charge in [0.05, 0.1) is 12.1 Å². The van der Waals surface area contributed by atoms with Gasteiger partial charge in [0.25, 0.3) is 0 Å². The molecular formula is C16H22N2. The summed E-state index contributed by atoms with van der Waals surface area (Å²) in [5.74, 6) is 0.569. The van der Waals surface area contributed by atoms with Crippen LogP contribution in [-0.4, -0.2) is 12.6 Å². The van der Waals surface area contributed by atoms with Gasteiger partial charge in [-0.15, -0.1) is 0 Å². The van der Waals surface area contributed by atoms with E-state index < -0.39 is 0 Å². The van der Waals surface area contributed by atoms with Gasteiger partial charge in [0.2, 0.25) is 0 Å². The fourth-order valence-electron chi connectivity index (χ4n) is 2.80. The third-order valence-electron chi connectivity index (χ3n) is 3.88. The Morgan fingerprint density at radius 2 is 1.89 bits per heavy atom. The number of nitrogens with zero attached hydrogens (tertiary/aromatic N) is 1. The molecule has 2 heteroatoms. The van der Waals surface area contributed by atoms with Gasteiger partial charge in [-0.05, 0) is 30.7 Å². The molecule has 0 aromatic heterocycles. The molecule has 1 aromatic rings. The second-order valence-electron chi connectivity index (χ2n) is 5.19. The fourth-order valence-corrected chi connectivity index (χ4v) is 2.80. The van der Waals surface area contributed by atoms with Crippen molar-refractivity contribution >= 4 is 0 Å². The number of nitrogens with one attached hydrogen (secondary N) is 1. The molecule has 0 spiro atoms. The molecule has 1 unspecified atom stereocenters. The van der Waals surface area contributed by atoms with Crippen LogP contribution in [0.3, 0.4) is 0 Å². The number of nitriles is 1. The van der Waals surface area contributed by atoms with Gasteiger partial charge >= 0.3 is 0 Å². The van der Waals surface area contributed by atoms with Crippen LogP contribution in [0.4, 0.5) is 0 Å². The number of hydrogen-bond donors (Lipinski definition) is 1. The van der Waals surface area contributed by atoms with Crippen LogP contribution in [0.25, 0.3) is 0 Å². The maximum atomic E-state index is 9.26. The highest BCUT2D eigenvalue weighted by atomic mass is 14.9. The largest absolute Gasteiger partial charge is 0.301 e. The summed E-state index contributed by atoms with van der Waals surface area (Å²) in [6.45, 7) is 0.902. The zero-order valence-electron chi connectivity index (χ0n) is 10.9. The number of rotatable bonds is 5. The Labute approximate surface area is 110 Å². The van der Waals surface area contributed by atoms with E-state index in [0.717, 1.165) is 13.0 Å². The van der Waals surface area contributed by atoms with Crippen molar-refractivity contribution in [3.8, 4) is 6.07 Å². The molecule has 0 radical (unpaired) electrons.